The van der Waals surface area contributed by atoms with Crippen molar-refractivity contribution >= 4 is 16.6 Å². The van der Waals surface area contributed by atoms with Gasteiger partial charge in [0.05, 0.1) is 0 Å². The molecule has 2 rings (SSSR count). The molecule has 1 heterocycles. The number of nitrogens with zero attached hydrogens (tertiary/aromatic N) is 2. The molecule has 1 N–H and O–H groups in total. The lowest BCUT2D eigenvalue weighted by molar-refractivity contribution is 1.10. The predicted molar refractivity (Wildman–Crippen MR) is 46.6 cm³/mol. The second-order valence-corrected chi connectivity index (χ2v) is 2.47. The highest BCUT2D eigenvalue weighted by atomic mass is 15.0. The average molecular weight is 157 g/mol. The van der Waals surface area contributed by atoms with Crippen LogP contribution >= 0.6 is 0 Å². The van der Waals surface area contributed by atoms with Crippen molar-refractivity contribution in [3.63, 3.8) is 0 Å². The molecule has 0 atom stereocenters. The van der Waals surface area contributed by atoms with Gasteiger partial charge in [0.15, 0.2) is 5.82 Å². The zero-order valence-electron chi connectivity index (χ0n) is 6.36. The third-order valence-electron chi connectivity index (χ3n) is 1.76. The Morgan fingerprint density at radius 1 is 1.17 bits per heavy atom. The van der Waals surface area contributed by atoms with Gasteiger partial charge in [-0.2, -0.15) is 0 Å². The van der Waals surface area contributed by atoms with Crippen LogP contribution in [0.15, 0.2) is 41.6 Å². The van der Waals surface area contributed by atoms with Crippen molar-refractivity contribution in [1.82, 2.24) is 4.98 Å². The molecule has 0 saturated carbocycles. The summed E-state index contributed by atoms with van der Waals surface area (Å²) < 4.78 is 0. The minimum atomic E-state index is 0.480. The van der Waals surface area contributed by atoms with Crippen LogP contribution in [-0.4, -0.2) is 4.98 Å². The number of aromatic nitrogens is 1. The monoisotopic (exact) mass is 157 g/mol. The van der Waals surface area contributed by atoms with Crippen LogP contribution in [0.5, 0.6) is 0 Å². The van der Waals surface area contributed by atoms with Crippen LogP contribution in [0.2, 0.25) is 0 Å². The molecule has 0 aliphatic heterocycles. The van der Waals surface area contributed by atoms with E-state index < -0.39 is 0 Å². The highest BCUT2D eigenvalue weighted by molar-refractivity contribution is 5.90. The summed E-state index contributed by atoms with van der Waals surface area (Å²) >= 11 is 0. The Morgan fingerprint density at radius 3 is 2.83 bits per heavy atom. The van der Waals surface area contributed by atoms with E-state index in [9.17, 15) is 0 Å². The SMILES string of the molecule is N=Nc1nccc2ccccc12. The topological polar surface area (TPSA) is 49.1 Å². The van der Waals surface area contributed by atoms with Crippen LogP contribution in [-0.2, 0) is 0 Å². The number of rotatable bonds is 1. The standard InChI is InChI=1S/C9H7N3/c10-12-9-8-4-2-1-3-7(8)5-6-11-9/h1-6,10H. The summed E-state index contributed by atoms with van der Waals surface area (Å²) in [6, 6.07) is 9.67. The molecule has 58 valence electrons. The van der Waals surface area contributed by atoms with Crippen LogP contribution in [0.25, 0.3) is 10.8 Å². The lowest BCUT2D eigenvalue weighted by atomic mass is 10.2. The first-order chi connectivity index (χ1) is 5.92. The lowest BCUT2D eigenvalue weighted by Crippen LogP contribution is -1.75. The molecule has 1 aromatic carbocycles. The van der Waals surface area contributed by atoms with Crippen molar-refractivity contribution < 1.29 is 0 Å². The van der Waals surface area contributed by atoms with E-state index in [2.05, 4.69) is 10.1 Å². The first-order valence-electron chi connectivity index (χ1n) is 3.63. The van der Waals surface area contributed by atoms with E-state index in [0.717, 1.165) is 10.8 Å². The van der Waals surface area contributed by atoms with Gasteiger partial charge < -0.3 is 0 Å². The van der Waals surface area contributed by atoms with Crippen molar-refractivity contribution in [3.8, 4) is 0 Å². The van der Waals surface area contributed by atoms with Crippen LogP contribution in [0, 0.1) is 5.53 Å². The first kappa shape index (κ1) is 6.91. The van der Waals surface area contributed by atoms with Gasteiger partial charge in [0.1, 0.15) is 0 Å². The van der Waals surface area contributed by atoms with E-state index in [1.807, 2.05) is 30.3 Å². The number of hydrogen-bond donors (Lipinski definition) is 1. The number of nitrogens with one attached hydrogen (secondary N) is 1. The van der Waals surface area contributed by atoms with Crippen molar-refractivity contribution in [2.24, 2.45) is 5.11 Å². The smallest absolute Gasteiger partial charge is 0.181 e. The highest BCUT2D eigenvalue weighted by Crippen LogP contribution is 2.21. The largest absolute Gasteiger partial charge is 0.235 e. The molecular formula is C9H7N3. The Labute approximate surface area is 69.6 Å². The van der Waals surface area contributed by atoms with E-state index in [1.54, 1.807) is 6.20 Å². The maximum atomic E-state index is 6.89. The molecule has 0 bridgehead atoms. The summed E-state index contributed by atoms with van der Waals surface area (Å²) in [6.45, 7) is 0. The van der Waals surface area contributed by atoms with E-state index >= 15 is 0 Å². The molecule has 0 amide bonds. The Kier molecular flexibility index (Phi) is 1.55. The molecule has 0 saturated heterocycles. The average Bonchev–Trinajstić information content (AvgIpc) is 2.17. The molecule has 0 aliphatic carbocycles. The zero-order chi connectivity index (χ0) is 8.39. The second kappa shape index (κ2) is 2.70. The highest BCUT2D eigenvalue weighted by Gasteiger charge is 1.97. The maximum absolute atomic E-state index is 6.89. The van der Waals surface area contributed by atoms with Crippen LogP contribution in [0.3, 0.4) is 0 Å². The van der Waals surface area contributed by atoms with Gasteiger partial charge in [-0.25, -0.2) is 10.5 Å². The summed E-state index contributed by atoms with van der Waals surface area (Å²) in [6.07, 6.45) is 1.66. The molecule has 0 unspecified atom stereocenters. The molecule has 3 heteroatoms. The summed E-state index contributed by atoms with van der Waals surface area (Å²) in [5, 5.41) is 5.33. The Bertz CT molecular complexity index is 418. The van der Waals surface area contributed by atoms with Crippen LogP contribution in [0.4, 0.5) is 5.82 Å². The predicted octanol–water partition coefficient (Wildman–Crippen LogP) is 2.90. The fourth-order valence-electron chi connectivity index (χ4n) is 1.19. The Hall–Kier alpha value is -1.77. The minimum Gasteiger partial charge on any atom is -0.235 e. The van der Waals surface area contributed by atoms with E-state index in [0.29, 0.717) is 5.82 Å². The normalized spacial score (nSPS) is 10.0. The number of hydrogen-bond acceptors (Lipinski definition) is 3. The lowest BCUT2D eigenvalue weighted by Gasteiger charge is -1.97. The summed E-state index contributed by atoms with van der Waals surface area (Å²) in [7, 11) is 0. The molecule has 12 heavy (non-hydrogen) atoms. The van der Waals surface area contributed by atoms with Gasteiger partial charge in [0, 0.05) is 11.6 Å². The van der Waals surface area contributed by atoms with E-state index in [4.69, 9.17) is 5.53 Å². The van der Waals surface area contributed by atoms with E-state index in [1.165, 1.54) is 0 Å². The summed E-state index contributed by atoms with van der Waals surface area (Å²) in [4.78, 5) is 3.97. The van der Waals surface area contributed by atoms with Crippen LogP contribution < -0.4 is 0 Å². The van der Waals surface area contributed by atoms with Gasteiger partial charge in [0.25, 0.3) is 0 Å². The molecule has 0 radical (unpaired) electrons. The number of fused-ring (bicyclic) bond motifs is 1. The molecule has 2 aromatic rings. The molecular weight excluding hydrogens is 150 g/mol. The van der Waals surface area contributed by atoms with Gasteiger partial charge in [-0.05, 0) is 11.5 Å². The molecule has 0 aliphatic rings. The van der Waals surface area contributed by atoms with Crippen molar-refractivity contribution in [2.45, 2.75) is 0 Å². The van der Waals surface area contributed by atoms with Gasteiger partial charge in [-0.1, -0.05) is 24.3 Å². The van der Waals surface area contributed by atoms with E-state index in [-0.39, 0.29) is 0 Å². The molecule has 0 spiro atoms. The third kappa shape index (κ3) is 0.955. The fourth-order valence-corrected chi connectivity index (χ4v) is 1.19. The van der Waals surface area contributed by atoms with Gasteiger partial charge in [-0.3, -0.25) is 0 Å². The van der Waals surface area contributed by atoms with Crippen molar-refractivity contribution in [3.05, 3.63) is 36.5 Å². The molecule has 1 aromatic heterocycles. The Morgan fingerprint density at radius 2 is 2.00 bits per heavy atom. The Balaban J connectivity index is 2.88. The van der Waals surface area contributed by atoms with Gasteiger partial charge in [-0.15, -0.1) is 5.11 Å². The molecule has 3 nitrogen and oxygen atoms in total. The van der Waals surface area contributed by atoms with Crippen molar-refractivity contribution in [2.75, 3.05) is 0 Å². The zero-order valence-corrected chi connectivity index (χ0v) is 6.36. The third-order valence-corrected chi connectivity index (χ3v) is 1.76. The minimum absolute atomic E-state index is 0.480. The quantitative estimate of drug-likeness (QED) is 0.635. The fraction of sp³-hybridized carbons (Fsp3) is 0. The van der Waals surface area contributed by atoms with Gasteiger partial charge in [0.2, 0.25) is 0 Å². The second-order valence-electron chi connectivity index (χ2n) is 2.47. The summed E-state index contributed by atoms with van der Waals surface area (Å²) in [5.41, 5.74) is 6.89. The number of benzene rings is 1. The van der Waals surface area contributed by atoms with Crippen molar-refractivity contribution in [1.29, 1.82) is 5.53 Å². The maximum Gasteiger partial charge on any atom is 0.181 e. The van der Waals surface area contributed by atoms with Crippen LogP contribution in [0.1, 0.15) is 0 Å². The molecule has 0 fully saturated rings. The van der Waals surface area contributed by atoms with Gasteiger partial charge >= 0.3 is 0 Å². The first-order valence-corrected chi connectivity index (χ1v) is 3.63. The number of pyridine rings is 1. The summed E-state index contributed by atoms with van der Waals surface area (Å²) in [5.74, 6) is 0.480.